The first-order valence-corrected chi connectivity index (χ1v) is 13.8. The van der Waals surface area contributed by atoms with E-state index in [4.69, 9.17) is 8.83 Å². The number of aromatic nitrogens is 2. The lowest BCUT2D eigenvalue weighted by atomic mass is 9.45. The Hall–Kier alpha value is -5.16. The summed E-state index contributed by atoms with van der Waals surface area (Å²) in [4.78, 5) is 0. The molecule has 0 atom stereocenters. The lowest BCUT2D eigenvalue weighted by Gasteiger charge is -2.33. The maximum Gasteiger partial charge on any atom is 0.336 e. The first kappa shape index (κ1) is 19.8. The van der Waals surface area contributed by atoms with E-state index in [1.165, 1.54) is 71.3 Å². The maximum absolute atomic E-state index is 6.71. The highest BCUT2D eigenvalue weighted by Crippen LogP contribution is 2.46. The zero-order valence-corrected chi connectivity index (χ0v) is 21.5. The number of fused-ring (bicyclic) bond motifs is 14. The van der Waals surface area contributed by atoms with Crippen molar-refractivity contribution < 1.29 is 8.83 Å². The van der Waals surface area contributed by atoms with Gasteiger partial charge in [-0.15, -0.1) is 0 Å². The molecule has 6 heterocycles. The molecule has 4 aromatic heterocycles. The van der Waals surface area contributed by atoms with Gasteiger partial charge in [0.25, 0.3) is 0 Å². The first-order valence-electron chi connectivity index (χ1n) is 13.8. The second-order valence-electron chi connectivity index (χ2n) is 11.4. The van der Waals surface area contributed by atoms with Gasteiger partial charge in [-0.25, -0.2) is 0 Å². The Labute approximate surface area is 227 Å². The van der Waals surface area contributed by atoms with Crippen LogP contribution in [0.4, 0.5) is 0 Å². The molecule has 0 amide bonds. The van der Waals surface area contributed by atoms with E-state index in [1.54, 1.807) is 0 Å². The molecule has 0 bridgehead atoms. The predicted octanol–water partition coefficient (Wildman–Crippen LogP) is 7.64. The molecule has 0 saturated carbocycles. The molecule has 5 heteroatoms. The van der Waals surface area contributed by atoms with Crippen molar-refractivity contribution in [1.82, 2.24) is 9.05 Å². The number of para-hydroxylation sites is 4. The normalized spacial score (nSPS) is 13.6. The Morgan fingerprint density at radius 2 is 1.25 bits per heavy atom. The molecule has 0 unspecified atom stereocenters. The van der Waals surface area contributed by atoms with Gasteiger partial charge in [-0.05, 0) is 47.2 Å². The van der Waals surface area contributed by atoms with Crippen LogP contribution >= 0.6 is 0 Å². The van der Waals surface area contributed by atoms with Gasteiger partial charge in [0.1, 0.15) is 11.2 Å². The topological polar surface area (TPSA) is 36.1 Å². The summed E-state index contributed by atoms with van der Waals surface area (Å²) in [5, 5.41) is 7.19. The van der Waals surface area contributed by atoms with Crippen LogP contribution in [0.5, 0.6) is 0 Å². The Morgan fingerprint density at radius 1 is 0.600 bits per heavy atom. The highest BCUT2D eigenvalue weighted by atomic mass is 16.3. The maximum atomic E-state index is 6.71. The van der Waals surface area contributed by atoms with Crippen LogP contribution in [0.25, 0.3) is 82.8 Å². The zero-order valence-electron chi connectivity index (χ0n) is 21.5. The van der Waals surface area contributed by atoms with Gasteiger partial charge in [-0.2, -0.15) is 0 Å². The van der Waals surface area contributed by atoms with Crippen molar-refractivity contribution in [2.75, 3.05) is 0 Å². The van der Waals surface area contributed by atoms with Crippen LogP contribution in [0.3, 0.4) is 0 Å². The minimum absolute atomic E-state index is 0.0115. The third-order valence-electron chi connectivity index (χ3n) is 9.34. The second-order valence-corrected chi connectivity index (χ2v) is 11.4. The first-order chi connectivity index (χ1) is 19.8. The van der Waals surface area contributed by atoms with E-state index in [-0.39, 0.29) is 6.85 Å². The van der Waals surface area contributed by atoms with Gasteiger partial charge in [-0.3, -0.25) is 4.57 Å². The van der Waals surface area contributed by atoms with Gasteiger partial charge in [0.2, 0.25) is 5.71 Å². The SMILES string of the molecule is Cc1cc2c3c(c1)-n1c4oc5ccccc5c4c4cccc(c41)B3n1c3oc4ccccc4c3c3cccc-2c31. The number of hydrogen-bond donors (Lipinski definition) is 0. The Kier molecular flexibility index (Phi) is 3.15. The van der Waals surface area contributed by atoms with Crippen molar-refractivity contribution in [1.29, 1.82) is 0 Å². The molecular formula is C35H19BN2O2. The van der Waals surface area contributed by atoms with Crippen LogP contribution in [0.2, 0.25) is 0 Å². The van der Waals surface area contributed by atoms with Gasteiger partial charge in [0.15, 0.2) is 5.71 Å². The molecule has 0 saturated heterocycles. The third-order valence-corrected chi connectivity index (χ3v) is 9.34. The molecule has 0 radical (unpaired) electrons. The minimum atomic E-state index is -0.0115. The molecule has 9 aromatic rings. The molecule has 184 valence electrons. The predicted molar refractivity (Wildman–Crippen MR) is 164 cm³/mol. The van der Waals surface area contributed by atoms with Crippen molar-refractivity contribution in [3.8, 4) is 16.8 Å². The number of furan rings is 2. The summed E-state index contributed by atoms with van der Waals surface area (Å²) >= 11 is 0. The summed E-state index contributed by atoms with van der Waals surface area (Å²) in [6.45, 7) is 2.19. The summed E-state index contributed by atoms with van der Waals surface area (Å²) < 4.78 is 18.2. The number of aryl methyl sites for hydroxylation is 1. The van der Waals surface area contributed by atoms with Gasteiger partial charge in [0.05, 0.1) is 16.3 Å². The van der Waals surface area contributed by atoms with Crippen LogP contribution in [-0.2, 0) is 0 Å². The average Bonchev–Trinajstić information content (AvgIpc) is 3.71. The van der Waals surface area contributed by atoms with Gasteiger partial charge in [0, 0.05) is 38.3 Å². The van der Waals surface area contributed by atoms with Gasteiger partial charge >= 0.3 is 6.85 Å². The fourth-order valence-electron chi connectivity index (χ4n) is 7.94. The molecule has 0 spiro atoms. The fraction of sp³-hybridized carbons (Fsp3) is 0.0286. The molecule has 2 aliphatic rings. The Morgan fingerprint density at radius 3 is 2.05 bits per heavy atom. The lowest BCUT2D eigenvalue weighted by molar-refractivity contribution is 0.645. The molecule has 0 fully saturated rings. The summed E-state index contributed by atoms with van der Waals surface area (Å²) in [5.74, 6) is 0. The molecule has 4 nitrogen and oxygen atoms in total. The van der Waals surface area contributed by atoms with Crippen molar-refractivity contribution in [3.05, 3.63) is 103 Å². The van der Waals surface area contributed by atoms with E-state index >= 15 is 0 Å². The number of benzene rings is 5. The summed E-state index contributed by atoms with van der Waals surface area (Å²) in [6, 6.07) is 35.0. The van der Waals surface area contributed by atoms with Gasteiger partial charge in [-0.1, -0.05) is 78.9 Å². The number of nitrogens with zero attached hydrogens (tertiary/aromatic N) is 2. The monoisotopic (exact) mass is 510 g/mol. The molecular weight excluding hydrogens is 491 g/mol. The molecule has 5 aromatic carbocycles. The third kappa shape index (κ3) is 2.01. The highest BCUT2D eigenvalue weighted by molar-refractivity contribution is 6.90. The van der Waals surface area contributed by atoms with Crippen molar-refractivity contribution in [2.45, 2.75) is 6.92 Å². The summed E-state index contributed by atoms with van der Waals surface area (Å²) in [7, 11) is 0. The van der Waals surface area contributed by atoms with E-state index in [2.05, 4.69) is 107 Å². The van der Waals surface area contributed by atoms with Crippen LogP contribution < -0.4 is 10.9 Å². The zero-order chi connectivity index (χ0) is 25.9. The van der Waals surface area contributed by atoms with Crippen LogP contribution in [0.15, 0.2) is 106 Å². The van der Waals surface area contributed by atoms with Crippen LogP contribution in [0, 0.1) is 6.92 Å². The van der Waals surface area contributed by atoms with E-state index in [1.807, 2.05) is 6.07 Å². The smallest absolute Gasteiger partial charge is 0.336 e. The molecule has 11 rings (SSSR count). The van der Waals surface area contributed by atoms with Crippen LogP contribution in [0.1, 0.15) is 5.56 Å². The minimum Gasteiger partial charge on any atom is -0.441 e. The lowest BCUT2D eigenvalue weighted by Crippen LogP contribution is -2.55. The van der Waals surface area contributed by atoms with E-state index in [9.17, 15) is 0 Å². The number of hydrogen-bond acceptors (Lipinski definition) is 2. The van der Waals surface area contributed by atoms with E-state index in [0.717, 1.165) is 28.0 Å². The quantitative estimate of drug-likeness (QED) is 0.197. The molecule has 40 heavy (non-hydrogen) atoms. The van der Waals surface area contributed by atoms with Gasteiger partial charge < -0.3 is 13.3 Å². The van der Waals surface area contributed by atoms with E-state index < -0.39 is 0 Å². The molecule has 0 aliphatic carbocycles. The number of rotatable bonds is 0. The largest absolute Gasteiger partial charge is 0.441 e. The standard InChI is InChI=1S/C35H19BN2O2/c1-18-16-24-19-10-6-11-22-30-21-9-3-5-15-28(21)40-35(30)38(32(19)22)36-25-13-7-12-23-29-20-8-2-4-14-27(20)39-34(29)37(33(23)25)26(17-18)31(24)36/h2-17H,1H3. The Bertz CT molecular complexity index is 2630. The second kappa shape index (κ2) is 6.35. The fourth-order valence-corrected chi connectivity index (χ4v) is 7.94. The molecule has 0 N–H and O–H groups in total. The Balaban J connectivity index is 1.42. The summed E-state index contributed by atoms with van der Waals surface area (Å²) in [5.41, 5.74) is 13.8. The average molecular weight is 510 g/mol. The van der Waals surface area contributed by atoms with Crippen molar-refractivity contribution in [3.63, 3.8) is 0 Å². The highest BCUT2D eigenvalue weighted by Gasteiger charge is 2.43. The van der Waals surface area contributed by atoms with Crippen LogP contribution in [-0.4, -0.2) is 15.9 Å². The van der Waals surface area contributed by atoms with Crippen molar-refractivity contribution >= 4 is 83.7 Å². The summed E-state index contributed by atoms with van der Waals surface area (Å²) in [6.07, 6.45) is 0. The molecule has 2 aliphatic heterocycles. The van der Waals surface area contributed by atoms with Crippen molar-refractivity contribution in [2.24, 2.45) is 0 Å². The van der Waals surface area contributed by atoms with E-state index in [0.29, 0.717) is 0 Å².